The first-order valence-electron chi connectivity index (χ1n) is 9.88. The van der Waals surface area contributed by atoms with Gasteiger partial charge < -0.3 is 16.4 Å². The van der Waals surface area contributed by atoms with E-state index in [1.54, 1.807) is 24.7 Å². The van der Waals surface area contributed by atoms with E-state index in [4.69, 9.17) is 34.7 Å². The number of fused-ring (bicyclic) bond motifs is 1. The number of nitrogens with zero attached hydrogens (tertiary/aromatic N) is 6. The highest BCUT2D eigenvalue weighted by Gasteiger charge is 2.47. The van der Waals surface area contributed by atoms with Gasteiger partial charge in [-0.2, -0.15) is 0 Å². The fraction of sp³-hybridized carbons (Fsp3) is 0.350. The lowest BCUT2D eigenvalue weighted by molar-refractivity contribution is 0.186. The van der Waals surface area contributed by atoms with E-state index in [-0.39, 0.29) is 17.3 Å². The first-order valence-corrected chi connectivity index (χ1v) is 11.4. The van der Waals surface area contributed by atoms with Crippen LogP contribution in [0.25, 0.3) is 0 Å². The number of nitrogen functional groups attached to an aromatic ring is 1. The molecule has 3 aromatic rings. The van der Waals surface area contributed by atoms with Crippen LogP contribution >= 0.6 is 35.0 Å². The molecule has 3 aromatic heterocycles. The lowest BCUT2D eigenvalue weighted by Gasteiger charge is -2.41. The van der Waals surface area contributed by atoms with E-state index in [2.05, 4.69) is 30.0 Å². The van der Waals surface area contributed by atoms with Crippen molar-refractivity contribution in [3.63, 3.8) is 0 Å². The van der Waals surface area contributed by atoms with Gasteiger partial charge in [-0.15, -0.1) is 10.2 Å². The van der Waals surface area contributed by atoms with Gasteiger partial charge in [0.1, 0.15) is 10.8 Å². The Morgan fingerprint density at radius 1 is 1.10 bits per heavy atom. The van der Waals surface area contributed by atoms with Crippen LogP contribution in [0.4, 0.5) is 11.8 Å². The number of anilines is 2. The van der Waals surface area contributed by atoms with Crippen molar-refractivity contribution in [1.29, 1.82) is 0 Å². The molecule has 1 aliphatic heterocycles. The van der Waals surface area contributed by atoms with Gasteiger partial charge in [-0.1, -0.05) is 35.0 Å². The zero-order valence-corrected chi connectivity index (χ0v) is 18.8. The second-order valence-electron chi connectivity index (χ2n) is 7.90. The molecule has 4 heterocycles. The normalized spacial score (nSPS) is 19.6. The summed E-state index contributed by atoms with van der Waals surface area (Å²) in [6.07, 6.45) is 7.78. The maximum atomic E-state index is 6.64. The molecule has 0 unspecified atom stereocenters. The summed E-state index contributed by atoms with van der Waals surface area (Å²) in [6.45, 7) is 1.63. The van der Waals surface area contributed by atoms with Gasteiger partial charge in [-0.3, -0.25) is 4.98 Å². The Labute approximate surface area is 193 Å². The Morgan fingerprint density at radius 3 is 2.65 bits per heavy atom. The lowest BCUT2D eigenvalue weighted by Crippen LogP contribution is -2.45. The lowest BCUT2D eigenvalue weighted by atomic mass is 9.73. The molecular weight excluding hydrogens is 455 g/mol. The molecule has 0 aromatic carbocycles. The summed E-state index contributed by atoms with van der Waals surface area (Å²) in [5.41, 5.74) is 14.6. The van der Waals surface area contributed by atoms with Crippen molar-refractivity contribution >= 4 is 46.7 Å². The Morgan fingerprint density at radius 2 is 1.90 bits per heavy atom. The predicted molar refractivity (Wildman–Crippen MR) is 121 cm³/mol. The van der Waals surface area contributed by atoms with E-state index in [1.165, 1.54) is 11.8 Å². The molecule has 1 saturated heterocycles. The maximum absolute atomic E-state index is 6.64. The molecule has 1 fully saturated rings. The summed E-state index contributed by atoms with van der Waals surface area (Å²) in [6, 6.07) is 3.70. The van der Waals surface area contributed by atoms with Crippen LogP contribution in [0, 0.1) is 5.41 Å². The van der Waals surface area contributed by atoms with Crippen LogP contribution < -0.4 is 16.4 Å². The van der Waals surface area contributed by atoms with Crippen molar-refractivity contribution in [3.8, 4) is 0 Å². The highest BCUT2D eigenvalue weighted by atomic mass is 35.5. The van der Waals surface area contributed by atoms with Crippen molar-refractivity contribution in [2.45, 2.75) is 35.2 Å². The fourth-order valence-electron chi connectivity index (χ4n) is 4.40. The first-order chi connectivity index (χ1) is 14.9. The number of hydrogen-bond donors (Lipinski definition) is 2. The van der Waals surface area contributed by atoms with E-state index >= 15 is 0 Å². The third-order valence-corrected chi connectivity index (χ3v) is 7.82. The number of nitrogens with two attached hydrogens (primary N) is 2. The quantitative estimate of drug-likeness (QED) is 0.586. The van der Waals surface area contributed by atoms with Crippen LogP contribution in [0.3, 0.4) is 0 Å². The Kier molecular flexibility index (Phi) is 5.37. The molecule has 31 heavy (non-hydrogen) atoms. The third-order valence-electron chi connectivity index (χ3n) is 6.15. The van der Waals surface area contributed by atoms with Crippen molar-refractivity contribution in [2.24, 2.45) is 11.1 Å². The summed E-state index contributed by atoms with van der Waals surface area (Å²) in [5.74, 6) is 0.904. The minimum absolute atomic E-state index is 0.0117. The van der Waals surface area contributed by atoms with E-state index in [9.17, 15) is 0 Å². The van der Waals surface area contributed by atoms with Crippen LogP contribution in [0.5, 0.6) is 0 Å². The molecule has 1 aliphatic carbocycles. The second-order valence-corrected chi connectivity index (χ2v) is 9.78. The molecular formula is C20H20Cl2N8S. The average Bonchev–Trinajstić information content (AvgIpc) is 3.04. The van der Waals surface area contributed by atoms with E-state index in [0.29, 0.717) is 21.0 Å². The molecule has 160 valence electrons. The van der Waals surface area contributed by atoms with Crippen LogP contribution in [0.2, 0.25) is 10.0 Å². The van der Waals surface area contributed by atoms with Crippen molar-refractivity contribution in [1.82, 2.24) is 25.1 Å². The number of halogens is 2. The Balaban J connectivity index is 1.26. The molecule has 4 N–H and O–H groups in total. The van der Waals surface area contributed by atoms with Gasteiger partial charge in [0, 0.05) is 42.1 Å². The number of aromatic nitrogens is 5. The highest BCUT2D eigenvalue weighted by Crippen LogP contribution is 2.50. The highest BCUT2D eigenvalue weighted by molar-refractivity contribution is 7.99. The molecule has 0 radical (unpaired) electrons. The SMILES string of the molecule is Nc1nccc(Sc2cnc(N3CCC4(CC3)Cc3ncc(Cl)cc3[C@H]4N)nn2)c1Cl. The van der Waals surface area contributed by atoms with Gasteiger partial charge in [-0.25, -0.2) is 9.97 Å². The molecule has 0 amide bonds. The monoisotopic (exact) mass is 474 g/mol. The Hall–Kier alpha value is -2.20. The Bertz CT molecular complexity index is 1120. The second kappa shape index (κ2) is 8.05. The summed E-state index contributed by atoms with van der Waals surface area (Å²) in [4.78, 5) is 15.9. The average molecular weight is 475 g/mol. The van der Waals surface area contributed by atoms with E-state index < -0.39 is 0 Å². The van der Waals surface area contributed by atoms with Crippen LogP contribution in [-0.4, -0.2) is 38.2 Å². The summed E-state index contributed by atoms with van der Waals surface area (Å²) in [7, 11) is 0. The minimum Gasteiger partial charge on any atom is -0.382 e. The van der Waals surface area contributed by atoms with Gasteiger partial charge in [0.05, 0.1) is 16.2 Å². The zero-order valence-electron chi connectivity index (χ0n) is 16.5. The molecule has 5 rings (SSSR count). The van der Waals surface area contributed by atoms with Crippen molar-refractivity contribution < 1.29 is 0 Å². The summed E-state index contributed by atoms with van der Waals surface area (Å²) < 4.78 is 0. The molecule has 0 bridgehead atoms. The van der Waals surface area contributed by atoms with Gasteiger partial charge in [-0.05, 0) is 42.4 Å². The fourth-order valence-corrected chi connectivity index (χ4v) is 5.53. The smallest absolute Gasteiger partial charge is 0.245 e. The van der Waals surface area contributed by atoms with E-state index in [1.807, 2.05) is 6.07 Å². The standard InChI is InChI=1S/C20H20Cl2N8S/c21-11-7-12-13(26-9-11)8-20(17(12)23)2-5-30(6-3-20)19-27-10-15(28-29-19)31-14-1-4-25-18(24)16(14)22/h1,4,7,9-10,17H,2-3,5-6,8,23H2,(H2,24,25)/t17-/m1/s1. The maximum Gasteiger partial charge on any atom is 0.245 e. The number of pyridine rings is 2. The predicted octanol–water partition coefficient (Wildman–Crippen LogP) is 3.54. The van der Waals surface area contributed by atoms with Crippen molar-refractivity contribution in [2.75, 3.05) is 23.7 Å². The van der Waals surface area contributed by atoms with Crippen LogP contribution in [0.1, 0.15) is 30.1 Å². The molecule has 0 saturated carbocycles. The first kappa shape index (κ1) is 20.7. The number of hydrogen-bond acceptors (Lipinski definition) is 9. The van der Waals surface area contributed by atoms with Gasteiger partial charge >= 0.3 is 0 Å². The number of rotatable bonds is 3. The molecule has 8 nitrogen and oxygen atoms in total. The minimum atomic E-state index is -0.0498. The van der Waals surface area contributed by atoms with E-state index in [0.717, 1.165) is 48.5 Å². The largest absolute Gasteiger partial charge is 0.382 e. The summed E-state index contributed by atoms with van der Waals surface area (Å²) >= 11 is 13.7. The number of piperidine rings is 1. The molecule has 11 heteroatoms. The zero-order chi connectivity index (χ0) is 21.6. The van der Waals surface area contributed by atoms with Crippen molar-refractivity contribution in [3.05, 3.63) is 52.0 Å². The van der Waals surface area contributed by atoms with Gasteiger partial charge in [0.15, 0.2) is 0 Å². The van der Waals surface area contributed by atoms with Crippen LogP contribution in [-0.2, 0) is 6.42 Å². The molecule has 1 atom stereocenters. The molecule has 2 aliphatic rings. The third kappa shape index (κ3) is 3.80. The van der Waals surface area contributed by atoms with Crippen LogP contribution in [0.15, 0.2) is 40.6 Å². The van der Waals surface area contributed by atoms with Gasteiger partial charge in [0.25, 0.3) is 0 Å². The van der Waals surface area contributed by atoms with Gasteiger partial charge in [0.2, 0.25) is 5.95 Å². The summed E-state index contributed by atoms with van der Waals surface area (Å²) in [5, 5.41) is 10.3. The topological polar surface area (TPSA) is 120 Å². The molecule has 1 spiro atoms.